The highest BCUT2D eigenvalue weighted by molar-refractivity contribution is 5.84. The van der Waals surface area contributed by atoms with Crippen LogP contribution in [-0.2, 0) is 6.42 Å². The van der Waals surface area contributed by atoms with E-state index in [1.165, 1.54) is 24.3 Å². The van der Waals surface area contributed by atoms with Crippen LogP contribution in [0.2, 0.25) is 0 Å². The van der Waals surface area contributed by atoms with Crippen LogP contribution in [0, 0.1) is 40.9 Å². The summed E-state index contributed by atoms with van der Waals surface area (Å²) in [6.07, 6.45) is 5.86. The van der Waals surface area contributed by atoms with E-state index >= 15 is 0 Å². The van der Waals surface area contributed by atoms with Crippen LogP contribution in [0.25, 0.3) is 21.9 Å². The van der Waals surface area contributed by atoms with Crippen molar-refractivity contribution >= 4 is 10.8 Å². The van der Waals surface area contributed by atoms with Gasteiger partial charge in [-0.1, -0.05) is 56.6 Å². The lowest BCUT2D eigenvalue weighted by molar-refractivity contribution is 0.511. The second-order valence-corrected chi connectivity index (χ2v) is 8.87. The molecule has 0 unspecified atom stereocenters. The van der Waals surface area contributed by atoms with Crippen LogP contribution in [0.4, 0.5) is 22.0 Å². The van der Waals surface area contributed by atoms with Crippen LogP contribution in [0.15, 0.2) is 60.7 Å². The molecular formula is C31H25F5. The molecule has 0 aromatic heterocycles. The van der Waals surface area contributed by atoms with Crippen LogP contribution < -0.4 is 0 Å². The van der Waals surface area contributed by atoms with Gasteiger partial charge in [0.1, 0.15) is 17.5 Å². The normalized spacial score (nSPS) is 10.9. The fourth-order valence-electron chi connectivity index (χ4n) is 4.21. The van der Waals surface area contributed by atoms with Crippen LogP contribution in [-0.4, -0.2) is 0 Å². The number of hydrogen-bond donors (Lipinski definition) is 0. The van der Waals surface area contributed by atoms with Gasteiger partial charge in [-0.2, -0.15) is 0 Å². The summed E-state index contributed by atoms with van der Waals surface area (Å²) < 4.78 is 71.2. The predicted molar refractivity (Wildman–Crippen MR) is 134 cm³/mol. The van der Waals surface area contributed by atoms with Crippen LogP contribution in [0.5, 0.6) is 0 Å². The van der Waals surface area contributed by atoms with Crippen molar-refractivity contribution in [3.63, 3.8) is 0 Å². The van der Waals surface area contributed by atoms with Gasteiger partial charge in [0.15, 0.2) is 11.6 Å². The quantitative estimate of drug-likeness (QED) is 0.137. The first kappa shape index (κ1) is 25.4. The highest BCUT2D eigenvalue weighted by atomic mass is 19.2. The molecule has 36 heavy (non-hydrogen) atoms. The zero-order valence-electron chi connectivity index (χ0n) is 19.9. The van der Waals surface area contributed by atoms with E-state index < -0.39 is 29.1 Å². The monoisotopic (exact) mass is 492 g/mol. The summed E-state index contributed by atoms with van der Waals surface area (Å²) in [5.41, 5.74) is 0.942. The number of hydrogen-bond acceptors (Lipinski definition) is 0. The van der Waals surface area contributed by atoms with E-state index in [9.17, 15) is 22.0 Å². The minimum Gasteiger partial charge on any atom is -0.206 e. The maximum atomic E-state index is 14.8. The van der Waals surface area contributed by atoms with Crippen LogP contribution >= 0.6 is 0 Å². The Morgan fingerprint density at radius 1 is 0.583 bits per heavy atom. The van der Waals surface area contributed by atoms with Crippen molar-refractivity contribution in [2.45, 2.75) is 45.4 Å². The van der Waals surface area contributed by atoms with Gasteiger partial charge in [0.2, 0.25) is 0 Å². The van der Waals surface area contributed by atoms with Gasteiger partial charge in [0.05, 0.1) is 11.1 Å². The summed E-state index contributed by atoms with van der Waals surface area (Å²) >= 11 is 0. The van der Waals surface area contributed by atoms with Gasteiger partial charge in [0.25, 0.3) is 0 Å². The molecule has 4 rings (SSSR count). The fraction of sp³-hybridized carbons (Fsp3) is 0.226. The molecule has 0 atom stereocenters. The summed E-state index contributed by atoms with van der Waals surface area (Å²) in [6, 6.07) is 13.5. The van der Waals surface area contributed by atoms with Crippen molar-refractivity contribution in [1.29, 1.82) is 0 Å². The fourth-order valence-corrected chi connectivity index (χ4v) is 4.21. The van der Waals surface area contributed by atoms with Gasteiger partial charge in [-0.05, 0) is 83.3 Å². The third-order valence-electron chi connectivity index (χ3n) is 6.15. The number of halogens is 5. The third-order valence-corrected chi connectivity index (χ3v) is 6.15. The third kappa shape index (κ3) is 5.94. The van der Waals surface area contributed by atoms with Gasteiger partial charge >= 0.3 is 0 Å². The van der Waals surface area contributed by atoms with Crippen LogP contribution in [0.3, 0.4) is 0 Å². The number of rotatable bonds is 7. The lowest BCUT2D eigenvalue weighted by Crippen LogP contribution is -1.96. The molecule has 0 saturated heterocycles. The Morgan fingerprint density at radius 2 is 1.28 bits per heavy atom. The number of aryl methyl sites for hydroxylation is 1. The average Bonchev–Trinajstić information content (AvgIpc) is 2.84. The molecule has 0 aliphatic heterocycles. The number of benzene rings is 4. The van der Waals surface area contributed by atoms with Gasteiger partial charge in [0, 0.05) is 5.56 Å². The van der Waals surface area contributed by atoms with E-state index in [4.69, 9.17) is 0 Å². The topological polar surface area (TPSA) is 0 Å². The van der Waals surface area contributed by atoms with E-state index in [2.05, 4.69) is 18.8 Å². The SMILES string of the molecule is CCCCCCCc1cc(F)c(-c2ccc(C#Cc3ccc4cc(F)c(F)cc4c3)c(F)c2)c(F)c1. The summed E-state index contributed by atoms with van der Waals surface area (Å²) in [5.74, 6) is 1.42. The predicted octanol–water partition coefficient (Wildman–Crippen LogP) is 9.11. The Kier molecular flexibility index (Phi) is 8.05. The van der Waals surface area contributed by atoms with Crippen molar-refractivity contribution in [2.24, 2.45) is 0 Å². The molecule has 5 heteroatoms. The number of fused-ring (bicyclic) bond motifs is 1. The van der Waals surface area contributed by atoms with Crippen molar-refractivity contribution in [1.82, 2.24) is 0 Å². The maximum absolute atomic E-state index is 14.8. The Bertz CT molecular complexity index is 1440. The molecule has 0 fully saturated rings. The molecule has 0 heterocycles. The molecule has 0 saturated carbocycles. The smallest absolute Gasteiger partial charge is 0.159 e. The first-order chi connectivity index (χ1) is 17.4. The molecular weight excluding hydrogens is 467 g/mol. The molecule has 0 N–H and O–H groups in total. The molecule has 0 bridgehead atoms. The Labute approximate surface area is 207 Å². The van der Waals surface area contributed by atoms with E-state index in [0.29, 0.717) is 28.3 Å². The summed E-state index contributed by atoms with van der Waals surface area (Å²) in [5, 5.41) is 0.980. The van der Waals surface area contributed by atoms with Crippen molar-refractivity contribution in [3.05, 3.63) is 106 Å². The number of unbranched alkanes of at least 4 members (excludes halogenated alkanes) is 4. The highest BCUT2D eigenvalue weighted by Crippen LogP contribution is 2.29. The molecule has 0 spiro atoms. The molecule has 4 aromatic rings. The Morgan fingerprint density at radius 3 is 1.97 bits per heavy atom. The van der Waals surface area contributed by atoms with Gasteiger partial charge in [-0.3, -0.25) is 0 Å². The summed E-state index contributed by atoms with van der Waals surface area (Å²) in [7, 11) is 0. The largest absolute Gasteiger partial charge is 0.206 e. The molecule has 4 aromatic carbocycles. The van der Waals surface area contributed by atoms with Gasteiger partial charge < -0.3 is 0 Å². The van der Waals surface area contributed by atoms with E-state index in [0.717, 1.165) is 50.3 Å². The average molecular weight is 493 g/mol. The van der Waals surface area contributed by atoms with Gasteiger partial charge in [-0.25, -0.2) is 22.0 Å². The van der Waals surface area contributed by atoms with Crippen molar-refractivity contribution in [2.75, 3.05) is 0 Å². The van der Waals surface area contributed by atoms with Crippen molar-refractivity contribution < 1.29 is 22.0 Å². The van der Waals surface area contributed by atoms with E-state index in [-0.39, 0.29) is 16.7 Å². The molecule has 0 aliphatic rings. The zero-order valence-corrected chi connectivity index (χ0v) is 19.9. The van der Waals surface area contributed by atoms with E-state index in [1.807, 2.05) is 0 Å². The molecule has 0 aliphatic carbocycles. The molecule has 0 amide bonds. The minimum atomic E-state index is -0.964. The lowest BCUT2D eigenvalue weighted by Gasteiger charge is -2.09. The molecule has 0 radical (unpaired) electrons. The van der Waals surface area contributed by atoms with E-state index in [1.54, 1.807) is 18.2 Å². The summed E-state index contributed by atoms with van der Waals surface area (Å²) in [4.78, 5) is 0. The minimum absolute atomic E-state index is 0.0497. The molecule has 184 valence electrons. The van der Waals surface area contributed by atoms with Gasteiger partial charge in [-0.15, -0.1) is 0 Å². The molecule has 0 nitrogen and oxygen atoms in total. The zero-order chi connectivity index (χ0) is 25.7. The maximum Gasteiger partial charge on any atom is 0.159 e. The first-order valence-corrected chi connectivity index (χ1v) is 12.0. The highest BCUT2D eigenvalue weighted by Gasteiger charge is 2.15. The second kappa shape index (κ2) is 11.4. The Balaban J connectivity index is 1.53. The summed E-state index contributed by atoms with van der Waals surface area (Å²) in [6.45, 7) is 2.13. The second-order valence-electron chi connectivity index (χ2n) is 8.87. The Hall–Kier alpha value is -3.65. The van der Waals surface area contributed by atoms with Crippen LogP contribution in [0.1, 0.15) is 55.7 Å². The van der Waals surface area contributed by atoms with Crippen molar-refractivity contribution in [3.8, 4) is 23.0 Å². The first-order valence-electron chi connectivity index (χ1n) is 12.0. The lowest BCUT2D eigenvalue weighted by atomic mass is 9.98. The standard InChI is InChI=1S/C31H25F5/c1-2-3-4-5-6-7-21-15-29(35)31(30(36)16-21)24-13-12-22(26(32)18-24)10-8-20-9-11-23-17-27(33)28(34)19-25(23)14-20/h9,11-19H,2-7H2,1H3.